The number of carbonyl (C=O) groups is 2. The van der Waals surface area contributed by atoms with E-state index in [0.717, 1.165) is 28.5 Å². The molecule has 1 aliphatic heterocycles. The molecule has 4 rings (SSSR count). The van der Waals surface area contributed by atoms with Crippen LogP contribution < -0.4 is 14.9 Å². The van der Waals surface area contributed by atoms with Crippen LogP contribution in [0.1, 0.15) is 48.7 Å². The van der Waals surface area contributed by atoms with E-state index in [9.17, 15) is 18.3 Å². The van der Waals surface area contributed by atoms with Gasteiger partial charge in [0.15, 0.2) is 0 Å². The maximum atomic E-state index is 13.6. The van der Waals surface area contributed by atoms with Gasteiger partial charge in [0.1, 0.15) is 0 Å². The Labute approximate surface area is 236 Å². The first-order chi connectivity index (χ1) is 19.1. The molecule has 0 fully saturated rings. The van der Waals surface area contributed by atoms with Gasteiger partial charge in [0.2, 0.25) is 10.0 Å². The number of hydrogen-bond acceptors (Lipinski definition) is 6. The third-order valence-electron chi connectivity index (χ3n) is 7.39. The summed E-state index contributed by atoms with van der Waals surface area (Å²) in [7, 11) is -1.95. The molecule has 0 bridgehead atoms. The molecule has 2 heterocycles. The summed E-state index contributed by atoms with van der Waals surface area (Å²) in [6.45, 7) is 6.96. The summed E-state index contributed by atoms with van der Waals surface area (Å²) < 4.78 is 29.0. The normalized spacial score (nSPS) is 16.3. The zero-order valence-electron chi connectivity index (χ0n) is 23.5. The molecule has 1 aliphatic rings. The number of anilines is 1. The number of aromatic nitrogens is 1. The minimum atomic E-state index is -3.50. The Bertz CT molecular complexity index is 1410. The molecule has 0 radical (unpaired) electrons. The van der Waals surface area contributed by atoms with Gasteiger partial charge in [-0.1, -0.05) is 37.3 Å². The first-order valence-electron chi connectivity index (χ1n) is 13.5. The second-order valence-corrected chi connectivity index (χ2v) is 12.1. The SMILES string of the molecule is CC[C@@H](C)NC[C@@H](O)[C@H](Cc1ccccc1)NC(=O)c1cc2c3c(cn(CC)c3c1)CCS(=O)(=O)N2C.O=CO. The average Bonchev–Trinajstić information content (AvgIpc) is 3.27. The van der Waals surface area contributed by atoms with E-state index < -0.39 is 22.2 Å². The number of aryl methyl sites for hydroxylation is 2. The molecule has 1 aromatic heterocycles. The van der Waals surface area contributed by atoms with Gasteiger partial charge in [-0.25, -0.2) is 8.42 Å². The Hall–Kier alpha value is -3.41. The van der Waals surface area contributed by atoms with Crippen molar-refractivity contribution in [3.8, 4) is 0 Å². The van der Waals surface area contributed by atoms with E-state index in [1.165, 1.54) is 4.31 Å². The summed E-state index contributed by atoms with van der Waals surface area (Å²) in [5.74, 6) is -0.320. The number of aliphatic hydroxyl groups excluding tert-OH is 1. The van der Waals surface area contributed by atoms with Crippen LogP contribution in [0.3, 0.4) is 0 Å². The van der Waals surface area contributed by atoms with Crippen molar-refractivity contribution in [3.05, 3.63) is 65.4 Å². The number of benzene rings is 2. The molecule has 4 N–H and O–H groups in total. The number of hydrogen-bond donors (Lipinski definition) is 4. The molecule has 2 aromatic carbocycles. The van der Waals surface area contributed by atoms with Crippen LogP contribution in [0.25, 0.3) is 10.9 Å². The van der Waals surface area contributed by atoms with Gasteiger partial charge < -0.3 is 25.4 Å². The number of rotatable bonds is 10. The Morgan fingerprint density at radius 1 is 1.18 bits per heavy atom. The number of carbonyl (C=O) groups excluding carboxylic acids is 1. The van der Waals surface area contributed by atoms with Gasteiger partial charge in [-0.15, -0.1) is 0 Å². The second-order valence-electron chi connectivity index (χ2n) is 10.0. The molecule has 0 saturated heterocycles. The van der Waals surface area contributed by atoms with Crippen LogP contribution in [-0.4, -0.2) is 73.1 Å². The lowest BCUT2D eigenvalue weighted by Gasteiger charge is -2.26. The van der Waals surface area contributed by atoms with Crippen molar-refractivity contribution in [2.75, 3.05) is 23.7 Å². The molecule has 0 aliphatic carbocycles. The Morgan fingerprint density at radius 2 is 1.85 bits per heavy atom. The highest BCUT2D eigenvalue weighted by atomic mass is 32.2. The van der Waals surface area contributed by atoms with Crippen LogP contribution in [0.15, 0.2) is 48.7 Å². The van der Waals surface area contributed by atoms with E-state index in [1.54, 1.807) is 13.1 Å². The smallest absolute Gasteiger partial charge is 0.290 e. The predicted molar refractivity (Wildman–Crippen MR) is 157 cm³/mol. The van der Waals surface area contributed by atoms with Crippen molar-refractivity contribution in [1.82, 2.24) is 15.2 Å². The number of nitrogens with one attached hydrogen (secondary N) is 2. The van der Waals surface area contributed by atoms with Gasteiger partial charge in [0, 0.05) is 43.3 Å². The highest BCUT2D eigenvalue weighted by Gasteiger charge is 2.29. The first kappa shape index (κ1) is 31.1. The minimum Gasteiger partial charge on any atom is -0.483 e. The lowest BCUT2D eigenvalue weighted by molar-refractivity contribution is -0.122. The van der Waals surface area contributed by atoms with Gasteiger partial charge in [-0.3, -0.25) is 13.9 Å². The molecule has 3 aromatic rings. The third kappa shape index (κ3) is 7.21. The van der Waals surface area contributed by atoms with E-state index >= 15 is 0 Å². The van der Waals surface area contributed by atoms with Crippen molar-refractivity contribution < 1.29 is 28.2 Å². The predicted octanol–water partition coefficient (Wildman–Crippen LogP) is 2.77. The highest BCUT2D eigenvalue weighted by Crippen LogP contribution is 2.36. The zero-order valence-corrected chi connectivity index (χ0v) is 24.3. The van der Waals surface area contributed by atoms with E-state index in [2.05, 4.69) is 29.0 Å². The van der Waals surface area contributed by atoms with Crippen LogP contribution in [0.5, 0.6) is 0 Å². The Morgan fingerprint density at radius 3 is 2.48 bits per heavy atom. The first-order valence-corrected chi connectivity index (χ1v) is 15.1. The monoisotopic (exact) mass is 572 g/mol. The number of sulfonamides is 1. The summed E-state index contributed by atoms with van der Waals surface area (Å²) in [5.41, 5.74) is 3.70. The zero-order chi connectivity index (χ0) is 29.4. The molecule has 1 amide bonds. The minimum absolute atomic E-state index is 0.0249. The summed E-state index contributed by atoms with van der Waals surface area (Å²) >= 11 is 0. The highest BCUT2D eigenvalue weighted by molar-refractivity contribution is 7.92. The molecular weight excluding hydrogens is 532 g/mol. The molecule has 218 valence electrons. The fourth-order valence-corrected chi connectivity index (χ4v) is 6.05. The number of aliphatic hydroxyl groups is 1. The van der Waals surface area contributed by atoms with Gasteiger partial charge in [0.05, 0.1) is 29.1 Å². The topological polar surface area (TPSA) is 141 Å². The van der Waals surface area contributed by atoms with Gasteiger partial charge in [-0.2, -0.15) is 0 Å². The molecule has 0 spiro atoms. The van der Waals surface area contributed by atoms with Crippen molar-refractivity contribution in [3.63, 3.8) is 0 Å². The summed E-state index contributed by atoms with van der Waals surface area (Å²) in [4.78, 5) is 22.0. The number of carboxylic acid groups (broad SMARTS) is 1. The van der Waals surface area contributed by atoms with E-state index in [4.69, 9.17) is 9.90 Å². The molecule has 3 atom stereocenters. The fraction of sp³-hybridized carbons (Fsp3) is 0.448. The summed E-state index contributed by atoms with van der Waals surface area (Å²) in [6, 6.07) is 13.0. The second kappa shape index (κ2) is 13.8. The maximum Gasteiger partial charge on any atom is 0.290 e. The lowest BCUT2D eigenvalue weighted by atomic mass is 9.99. The van der Waals surface area contributed by atoms with Gasteiger partial charge >= 0.3 is 0 Å². The van der Waals surface area contributed by atoms with Crippen molar-refractivity contribution in [2.24, 2.45) is 0 Å². The lowest BCUT2D eigenvalue weighted by Crippen LogP contribution is -2.49. The fourth-order valence-electron chi connectivity index (χ4n) is 4.86. The molecule has 40 heavy (non-hydrogen) atoms. The average molecular weight is 573 g/mol. The third-order valence-corrected chi connectivity index (χ3v) is 9.15. The van der Waals surface area contributed by atoms with Crippen molar-refractivity contribution in [2.45, 2.75) is 64.8 Å². The van der Waals surface area contributed by atoms with E-state index in [-0.39, 0.29) is 24.2 Å². The van der Waals surface area contributed by atoms with Crippen molar-refractivity contribution >= 4 is 39.0 Å². The molecule has 10 nitrogen and oxygen atoms in total. The molecule has 0 unspecified atom stereocenters. The largest absolute Gasteiger partial charge is 0.483 e. The quantitative estimate of drug-likeness (QED) is 0.274. The van der Waals surface area contributed by atoms with Crippen LogP contribution >= 0.6 is 0 Å². The van der Waals surface area contributed by atoms with Crippen LogP contribution in [-0.2, 0) is 34.2 Å². The molecule has 0 saturated carbocycles. The van der Waals surface area contributed by atoms with Crippen LogP contribution in [0.4, 0.5) is 5.69 Å². The van der Waals surface area contributed by atoms with Crippen LogP contribution in [0, 0.1) is 0 Å². The Kier molecular flexibility index (Phi) is 10.7. The molecular formula is C29H40N4O6S. The maximum absolute atomic E-state index is 13.6. The Balaban J connectivity index is 0.00000141. The summed E-state index contributed by atoms with van der Waals surface area (Å²) in [6.07, 6.45) is 3.02. The van der Waals surface area contributed by atoms with Gasteiger partial charge in [0.25, 0.3) is 12.4 Å². The van der Waals surface area contributed by atoms with Crippen molar-refractivity contribution in [1.29, 1.82) is 0 Å². The van der Waals surface area contributed by atoms with Gasteiger partial charge in [-0.05, 0) is 56.4 Å². The summed E-state index contributed by atoms with van der Waals surface area (Å²) in [5, 5.41) is 25.2. The number of amides is 1. The van der Waals surface area contributed by atoms with E-state index in [1.807, 2.05) is 49.5 Å². The van der Waals surface area contributed by atoms with E-state index in [0.29, 0.717) is 37.2 Å². The molecule has 11 heteroatoms. The number of nitrogens with zero attached hydrogens (tertiary/aromatic N) is 2. The standard InChI is InChI=1S/C28H38N4O4S.CH2O2/c1-5-19(3)29-17-26(33)23(14-20-10-8-7-9-11-20)30-28(34)22-15-24-27-21(12-13-37(35,36)31(24)4)18-32(6-2)25(27)16-22;2-1-3/h7-11,15-16,18-19,23,26,29,33H,5-6,12-14,17H2,1-4H3,(H,30,34);1H,(H,2,3)/t19-,23+,26-;/m1./s1. The van der Waals surface area contributed by atoms with Crippen LogP contribution in [0.2, 0.25) is 0 Å².